The highest BCUT2D eigenvalue weighted by Crippen LogP contribution is 2.15. The summed E-state index contributed by atoms with van der Waals surface area (Å²) in [5, 5.41) is 33.3. The summed E-state index contributed by atoms with van der Waals surface area (Å²) in [6.45, 7) is 4.21. The van der Waals surface area contributed by atoms with Gasteiger partial charge in [0.05, 0.1) is 31.3 Å². The van der Waals surface area contributed by atoms with E-state index in [1.54, 1.807) is 6.08 Å². The molecule has 5 heteroatoms. The minimum atomic E-state index is -0.963. The lowest BCUT2D eigenvalue weighted by Crippen LogP contribution is -2.45. The summed E-state index contributed by atoms with van der Waals surface area (Å²) in [6.07, 6.45) is 61.3. The number of carbonyl (C=O) groups is 1. The summed E-state index contributed by atoms with van der Waals surface area (Å²) in [5.41, 5.74) is 0. The van der Waals surface area contributed by atoms with Crippen molar-refractivity contribution >= 4 is 5.91 Å². The van der Waals surface area contributed by atoms with E-state index in [4.69, 9.17) is 0 Å². The predicted octanol–water partition coefficient (Wildman–Crippen LogP) is 14.9. The minimum Gasteiger partial charge on any atom is -0.394 e. The number of carbonyl (C=O) groups excluding carboxylic acids is 1. The molecule has 0 aliphatic carbocycles. The first-order chi connectivity index (χ1) is 28.0. The standard InChI is InChI=1S/C52H97NO4/c1-3-5-7-9-11-13-15-17-19-21-23-24-25-26-28-30-32-34-36-38-40-42-44-46-51(56)50(48-54)53-52(57)47-49(55)45-43-41-39-37-35-33-31-29-27-22-20-18-16-14-12-10-8-6-4-2/h28-31,36,38,44,46,49-51,54-56H,3-27,32-35,37,39-43,45,47-48H2,1-2H3,(H,53,57)/b30-28+,31-29-,38-36+,46-44+. The highest BCUT2D eigenvalue weighted by molar-refractivity contribution is 5.76. The molecule has 57 heavy (non-hydrogen) atoms. The Morgan fingerprint density at radius 2 is 0.754 bits per heavy atom. The topological polar surface area (TPSA) is 89.8 Å². The highest BCUT2D eigenvalue weighted by Gasteiger charge is 2.20. The molecule has 0 saturated heterocycles. The molecule has 3 unspecified atom stereocenters. The highest BCUT2D eigenvalue weighted by atomic mass is 16.3. The second-order valence-corrected chi connectivity index (χ2v) is 17.0. The van der Waals surface area contributed by atoms with Crippen molar-refractivity contribution < 1.29 is 20.1 Å². The van der Waals surface area contributed by atoms with Crippen LogP contribution < -0.4 is 5.32 Å². The third-order valence-corrected chi connectivity index (χ3v) is 11.3. The maximum atomic E-state index is 12.5. The zero-order chi connectivity index (χ0) is 41.5. The van der Waals surface area contributed by atoms with E-state index in [0.29, 0.717) is 6.42 Å². The van der Waals surface area contributed by atoms with Crippen LogP contribution in [0.1, 0.15) is 251 Å². The molecule has 0 radical (unpaired) electrons. The van der Waals surface area contributed by atoms with Crippen LogP contribution in [0, 0.1) is 0 Å². The molecule has 0 aliphatic heterocycles. The lowest BCUT2D eigenvalue weighted by Gasteiger charge is -2.20. The molecule has 3 atom stereocenters. The van der Waals surface area contributed by atoms with Crippen molar-refractivity contribution in [1.82, 2.24) is 5.32 Å². The van der Waals surface area contributed by atoms with E-state index in [1.807, 2.05) is 6.08 Å². The molecule has 0 bridgehead atoms. The number of rotatable bonds is 45. The Balaban J connectivity index is 3.71. The normalized spacial score (nSPS) is 13.8. The zero-order valence-electron chi connectivity index (χ0n) is 38.0. The fourth-order valence-electron chi connectivity index (χ4n) is 7.48. The minimum absolute atomic E-state index is 0.00377. The molecule has 0 rings (SSSR count). The lowest BCUT2D eigenvalue weighted by molar-refractivity contribution is -0.124. The van der Waals surface area contributed by atoms with E-state index >= 15 is 0 Å². The summed E-state index contributed by atoms with van der Waals surface area (Å²) >= 11 is 0. The van der Waals surface area contributed by atoms with Crippen LogP contribution in [0.3, 0.4) is 0 Å². The van der Waals surface area contributed by atoms with Gasteiger partial charge in [-0.1, -0.05) is 223 Å². The molecule has 0 aromatic heterocycles. The summed E-state index contributed by atoms with van der Waals surface area (Å²) in [6, 6.07) is -0.771. The molecular formula is C52H97NO4. The van der Waals surface area contributed by atoms with Crippen LogP contribution in [-0.4, -0.2) is 46.1 Å². The van der Waals surface area contributed by atoms with Gasteiger partial charge in [-0.2, -0.15) is 0 Å². The van der Waals surface area contributed by atoms with Crippen molar-refractivity contribution in [2.75, 3.05) is 6.61 Å². The van der Waals surface area contributed by atoms with Gasteiger partial charge < -0.3 is 20.6 Å². The Hall–Kier alpha value is -1.69. The van der Waals surface area contributed by atoms with Crippen LogP contribution in [0.5, 0.6) is 0 Å². The fourth-order valence-corrected chi connectivity index (χ4v) is 7.48. The van der Waals surface area contributed by atoms with Gasteiger partial charge in [0.1, 0.15) is 0 Å². The Kier molecular flexibility index (Phi) is 45.6. The van der Waals surface area contributed by atoms with E-state index < -0.39 is 18.2 Å². The van der Waals surface area contributed by atoms with Crippen LogP contribution >= 0.6 is 0 Å². The van der Waals surface area contributed by atoms with Gasteiger partial charge in [0.2, 0.25) is 5.91 Å². The molecule has 0 aromatic carbocycles. The number of hydrogen-bond donors (Lipinski definition) is 4. The number of amides is 1. The van der Waals surface area contributed by atoms with Gasteiger partial charge in [0.25, 0.3) is 0 Å². The molecule has 334 valence electrons. The van der Waals surface area contributed by atoms with Gasteiger partial charge in [-0.05, 0) is 70.6 Å². The third-order valence-electron chi connectivity index (χ3n) is 11.3. The van der Waals surface area contributed by atoms with Crippen LogP contribution in [0.2, 0.25) is 0 Å². The van der Waals surface area contributed by atoms with Crippen LogP contribution in [0.25, 0.3) is 0 Å². The first-order valence-corrected chi connectivity index (χ1v) is 24.9. The van der Waals surface area contributed by atoms with Gasteiger partial charge in [-0.15, -0.1) is 0 Å². The van der Waals surface area contributed by atoms with E-state index in [1.165, 1.54) is 173 Å². The number of hydrogen-bond acceptors (Lipinski definition) is 4. The second kappa shape index (κ2) is 47.0. The van der Waals surface area contributed by atoms with Crippen LogP contribution in [0.15, 0.2) is 48.6 Å². The summed E-state index contributed by atoms with van der Waals surface area (Å²) in [4.78, 5) is 12.5. The second-order valence-electron chi connectivity index (χ2n) is 17.0. The molecule has 0 saturated carbocycles. The van der Waals surface area contributed by atoms with Gasteiger partial charge in [-0.25, -0.2) is 0 Å². The van der Waals surface area contributed by atoms with E-state index in [0.717, 1.165) is 51.4 Å². The van der Waals surface area contributed by atoms with Crippen LogP contribution in [0.4, 0.5) is 0 Å². The van der Waals surface area contributed by atoms with Crippen molar-refractivity contribution in [2.24, 2.45) is 0 Å². The summed E-state index contributed by atoms with van der Waals surface area (Å²) in [5.74, 6) is -0.333. The van der Waals surface area contributed by atoms with Crippen molar-refractivity contribution in [3.63, 3.8) is 0 Å². The summed E-state index contributed by atoms with van der Waals surface area (Å²) in [7, 11) is 0. The van der Waals surface area contributed by atoms with Crippen molar-refractivity contribution in [3.8, 4) is 0 Å². The van der Waals surface area contributed by atoms with Gasteiger partial charge in [-0.3, -0.25) is 4.79 Å². The number of nitrogens with one attached hydrogen (secondary N) is 1. The van der Waals surface area contributed by atoms with Crippen molar-refractivity contribution in [2.45, 2.75) is 270 Å². The molecule has 1 amide bonds. The van der Waals surface area contributed by atoms with E-state index in [9.17, 15) is 20.1 Å². The molecule has 5 nitrogen and oxygen atoms in total. The fraction of sp³-hybridized carbons (Fsp3) is 0.827. The molecule has 0 heterocycles. The maximum Gasteiger partial charge on any atom is 0.222 e. The molecule has 4 N–H and O–H groups in total. The first-order valence-electron chi connectivity index (χ1n) is 24.9. The lowest BCUT2D eigenvalue weighted by atomic mass is 10.0. The average Bonchev–Trinajstić information content (AvgIpc) is 3.20. The Morgan fingerprint density at radius 3 is 1.12 bits per heavy atom. The number of allylic oxidation sites excluding steroid dienone is 7. The third kappa shape index (κ3) is 43.7. The molecule has 0 aliphatic rings. The number of aliphatic hydroxyl groups excluding tert-OH is 3. The van der Waals surface area contributed by atoms with Gasteiger partial charge in [0, 0.05) is 0 Å². The number of aliphatic hydroxyl groups is 3. The zero-order valence-corrected chi connectivity index (χ0v) is 38.0. The molecule has 0 aromatic rings. The quantitative estimate of drug-likeness (QED) is 0.0365. The predicted molar refractivity (Wildman–Crippen MR) is 250 cm³/mol. The Morgan fingerprint density at radius 1 is 0.439 bits per heavy atom. The van der Waals surface area contributed by atoms with E-state index in [-0.39, 0.29) is 18.9 Å². The van der Waals surface area contributed by atoms with Gasteiger partial charge in [0.15, 0.2) is 0 Å². The van der Waals surface area contributed by atoms with E-state index in [2.05, 4.69) is 55.6 Å². The Bertz CT molecular complexity index is 927. The smallest absolute Gasteiger partial charge is 0.222 e. The molecule has 0 spiro atoms. The Labute approximate surface area is 355 Å². The van der Waals surface area contributed by atoms with Crippen molar-refractivity contribution in [1.29, 1.82) is 0 Å². The average molecular weight is 800 g/mol. The maximum absolute atomic E-state index is 12.5. The monoisotopic (exact) mass is 800 g/mol. The van der Waals surface area contributed by atoms with Gasteiger partial charge >= 0.3 is 0 Å². The first kappa shape index (κ1) is 55.3. The summed E-state index contributed by atoms with van der Waals surface area (Å²) < 4.78 is 0. The SMILES string of the molecule is CCCCCCCCCCCC/C=C\CCCCCCCC(O)CC(=O)NC(CO)C(O)/C=C/CC/C=C/CC/C=C/CCCCCCCCCCCCCCC. The molecular weight excluding hydrogens is 703 g/mol. The largest absolute Gasteiger partial charge is 0.394 e. The van der Waals surface area contributed by atoms with Crippen LogP contribution in [-0.2, 0) is 4.79 Å². The molecule has 0 fully saturated rings. The number of unbranched alkanes of at least 4 members (excludes halogenated alkanes) is 30. The van der Waals surface area contributed by atoms with Crippen molar-refractivity contribution in [3.05, 3.63) is 48.6 Å².